The van der Waals surface area contributed by atoms with Gasteiger partial charge in [-0.1, -0.05) is 17.8 Å². The lowest BCUT2D eigenvalue weighted by Gasteiger charge is -2.06. The maximum Gasteiger partial charge on any atom is 0.156 e. The molecule has 1 heterocycles. The van der Waals surface area contributed by atoms with Crippen LogP contribution in [0.15, 0.2) is 40.1 Å². The molecule has 94 valence electrons. The van der Waals surface area contributed by atoms with Crippen molar-refractivity contribution in [2.45, 2.75) is 10.8 Å². The van der Waals surface area contributed by atoms with E-state index in [0.717, 1.165) is 26.6 Å². The van der Waals surface area contributed by atoms with Crippen LogP contribution in [0.2, 0.25) is 0 Å². The molecule has 0 unspecified atom stereocenters. The molecule has 2 aromatic rings. The molecule has 0 aliphatic rings. The number of hydrogen-bond donors (Lipinski definition) is 1. The quantitative estimate of drug-likeness (QED) is 0.875. The molecule has 0 amide bonds. The fourth-order valence-electron chi connectivity index (χ4n) is 1.40. The summed E-state index contributed by atoms with van der Waals surface area (Å²) in [6.45, 7) is 0. The van der Waals surface area contributed by atoms with E-state index in [0.29, 0.717) is 5.82 Å². The van der Waals surface area contributed by atoms with Crippen molar-refractivity contribution >= 4 is 33.5 Å². The molecule has 0 atom stereocenters. The number of nitrogen functional groups attached to an aromatic ring is 1. The Bertz CT molecular complexity index is 551. The lowest BCUT2D eigenvalue weighted by molar-refractivity contribution is 0.412. The summed E-state index contributed by atoms with van der Waals surface area (Å²) in [6, 6.07) is 5.97. The van der Waals surface area contributed by atoms with Gasteiger partial charge in [0.25, 0.3) is 0 Å². The van der Waals surface area contributed by atoms with E-state index in [-0.39, 0.29) is 0 Å². The molecule has 2 N–H and O–H groups in total. The number of halogens is 1. The predicted molar refractivity (Wildman–Crippen MR) is 76.7 cm³/mol. The minimum Gasteiger partial charge on any atom is -0.496 e. The first-order valence-corrected chi connectivity index (χ1v) is 7.00. The Balaban J connectivity index is 2.07. The van der Waals surface area contributed by atoms with Crippen LogP contribution >= 0.6 is 27.7 Å². The van der Waals surface area contributed by atoms with Crippen molar-refractivity contribution < 1.29 is 4.74 Å². The highest BCUT2D eigenvalue weighted by molar-refractivity contribution is 9.10. The van der Waals surface area contributed by atoms with Gasteiger partial charge >= 0.3 is 0 Å². The number of hydrogen-bond acceptors (Lipinski definition) is 5. The van der Waals surface area contributed by atoms with Crippen LogP contribution in [0.25, 0.3) is 0 Å². The van der Waals surface area contributed by atoms with Gasteiger partial charge in [0.15, 0.2) is 5.82 Å². The summed E-state index contributed by atoms with van der Waals surface area (Å²) < 4.78 is 6.13. The number of benzene rings is 1. The zero-order chi connectivity index (χ0) is 13.0. The molecule has 6 heteroatoms. The molecule has 18 heavy (non-hydrogen) atoms. The molecule has 4 nitrogen and oxygen atoms in total. The largest absolute Gasteiger partial charge is 0.496 e. The summed E-state index contributed by atoms with van der Waals surface area (Å²) >= 11 is 5.02. The maximum absolute atomic E-state index is 5.74. The number of thioether (sulfide) groups is 1. The number of anilines is 1. The number of nitrogens with zero attached hydrogens (tertiary/aromatic N) is 2. The van der Waals surface area contributed by atoms with Gasteiger partial charge in [-0.15, -0.1) is 0 Å². The average molecular weight is 326 g/mol. The van der Waals surface area contributed by atoms with Gasteiger partial charge in [0.2, 0.25) is 0 Å². The average Bonchev–Trinajstić information content (AvgIpc) is 2.38. The van der Waals surface area contributed by atoms with Crippen molar-refractivity contribution in [3.8, 4) is 5.75 Å². The summed E-state index contributed by atoms with van der Waals surface area (Å²) in [4.78, 5) is 8.19. The SMILES string of the molecule is COc1ccc(CSc2nccnc2N)cc1Br. The van der Waals surface area contributed by atoms with E-state index >= 15 is 0 Å². The molecule has 0 saturated carbocycles. The molecule has 0 saturated heterocycles. The van der Waals surface area contributed by atoms with Crippen LogP contribution in [-0.2, 0) is 5.75 Å². The van der Waals surface area contributed by atoms with Crippen molar-refractivity contribution in [2.75, 3.05) is 12.8 Å². The van der Waals surface area contributed by atoms with Crippen LogP contribution < -0.4 is 10.5 Å². The molecular formula is C12H12BrN3OS. The van der Waals surface area contributed by atoms with E-state index in [9.17, 15) is 0 Å². The summed E-state index contributed by atoms with van der Waals surface area (Å²) in [6.07, 6.45) is 3.23. The van der Waals surface area contributed by atoms with Crippen molar-refractivity contribution in [1.29, 1.82) is 0 Å². The second-order valence-corrected chi connectivity index (χ2v) is 5.32. The number of methoxy groups -OCH3 is 1. The van der Waals surface area contributed by atoms with E-state index in [2.05, 4.69) is 25.9 Å². The molecule has 0 spiro atoms. The monoisotopic (exact) mass is 325 g/mol. The van der Waals surface area contributed by atoms with E-state index in [4.69, 9.17) is 10.5 Å². The lowest BCUT2D eigenvalue weighted by atomic mass is 10.2. The van der Waals surface area contributed by atoms with Crippen LogP contribution in [0.5, 0.6) is 5.75 Å². The first kappa shape index (κ1) is 13.2. The molecule has 0 radical (unpaired) electrons. The van der Waals surface area contributed by atoms with Gasteiger partial charge in [0, 0.05) is 18.1 Å². The van der Waals surface area contributed by atoms with E-state index < -0.39 is 0 Å². The van der Waals surface area contributed by atoms with Crippen LogP contribution in [0, 0.1) is 0 Å². The van der Waals surface area contributed by atoms with Crippen LogP contribution in [0.1, 0.15) is 5.56 Å². The molecule has 0 aliphatic heterocycles. The van der Waals surface area contributed by atoms with Crippen molar-refractivity contribution in [3.63, 3.8) is 0 Å². The Hall–Kier alpha value is -1.27. The minimum atomic E-state index is 0.468. The van der Waals surface area contributed by atoms with Gasteiger partial charge in [0.1, 0.15) is 10.8 Å². The summed E-state index contributed by atoms with van der Waals surface area (Å²) in [5, 5.41) is 0.754. The van der Waals surface area contributed by atoms with Gasteiger partial charge in [-0.2, -0.15) is 0 Å². The smallest absolute Gasteiger partial charge is 0.156 e. The molecular weight excluding hydrogens is 314 g/mol. The minimum absolute atomic E-state index is 0.468. The van der Waals surface area contributed by atoms with Gasteiger partial charge in [0.05, 0.1) is 11.6 Å². The number of aromatic nitrogens is 2. The maximum atomic E-state index is 5.74. The molecule has 0 aliphatic carbocycles. The van der Waals surface area contributed by atoms with E-state index in [1.807, 2.05) is 18.2 Å². The van der Waals surface area contributed by atoms with Crippen LogP contribution in [0.3, 0.4) is 0 Å². The Morgan fingerprint density at radius 3 is 2.78 bits per heavy atom. The third-order valence-electron chi connectivity index (χ3n) is 2.28. The highest BCUT2D eigenvalue weighted by atomic mass is 79.9. The molecule has 0 bridgehead atoms. The van der Waals surface area contributed by atoms with Crippen LogP contribution in [-0.4, -0.2) is 17.1 Å². The predicted octanol–water partition coefficient (Wildman–Crippen LogP) is 3.12. The third kappa shape index (κ3) is 3.14. The van der Waals surface area contributed by atoms with E-state index in [1.54, 1.807) is 31.3 Å². The number of nitrogens with two attached hydrogens (primary N) is 1. The standard InChI is InChI=1S/C12H12BrN3OS/c1-17-10-3-2-8(6-9(10)13)7-18-12-11(14)15-4-5-16-12/h2-6H,7H2,1H3,(H2,14,15). The van der Waals surface area contributed by atoms with Gasteiger partial charge < -0.3 is 10.5 Å². The Kier molecular flexibility index (Phi) is 4.43. The number of rotatable bonds is 4. The second-order valence-electron chi connectivity index (χ2n) is 3.50. The molecule has 0 fully saturated rings. The Labute approximate surface area is 118 Å². The highest BCUT2D eigenvalue weighted by Gasteiger charge is 2.05. The molecule has 1 aromatic carbocycles. The fraction of sp³-hybridized carbons (Fsp3) is 0.167. The van der Waals surface area contributed by atoms with Gasteiger partial charge in [-0.05, 0) is 33.6 Å². The topological polar surface area (TPSA) is 61.0 Å². The zero-order valence-corrected chi connectivity index (χ0v) is 12.2. The lowest BCUT2D eigenvalue weighted by Crippen LogP contribution is -1.95. The summed E-state index contributed by atoms with van der Waals surface area (Å²) in [5.41, 5.74) is 6.90. The normalized spacial score (nSPS) is 10.3. The highest BCUT2D eigenvalue weighted by Crippen LogP contribution is 2.29. The summed E-state index contributed by atoms with van der Waals surface area (Å²) in [5.74, 6) is 2.07. The zero-order valence-electron chi connectivity index (χ0n) is 9.76. The molecule has 2 rings (SSSR count). The Morgan fingerprint density at radius 2 is 2.11 bits per heavy atom. The van der Waals surface area contributed by atoms with Crippen LogP contribution in [0.4, 0.5) is 5.82 Å². The molecule has 1 aromatic heterocycles. The van der Waals surface area contributed by atoms with Crippen molar-refractivity contribution in [1.82, 2.24) is 9.97 Å². The summed E-state index contributed by atoms with van der Waals surface area (Å²) in [7, 11) is 1.65. The third-order valence-corrected chi connectivity index (χ3v) is 3.97. The Morgan fingerprint density at radius 1 is 1.33 bits per heavy atom. The fourth-order valence-corrected chi connectivity index (χ4v) is 2.81. The van der Waals surface area contributed by atoms with Crippen molar-refractivity contribution in [2.24, 2.45) is 0 Å². The van der Waals surface area contributed by atoms with Crippen molar-refractivity contribution in [3.05, 3.63) is 40.6 Å². The first-order valence-electron chi connectivity index (χ1n) is 5.22. The van der Waals surface area contributed by atoms with Gasteiger partial charge in [-0.25, -0.2) is 9.97 Å². The second kappa shape index (κ2) is 6.06. The first-order chi connectivity index (χ1) is 8.70. The number of ether oxygens (including phenoxy) is 1. The van der Waals surface area contributed by atoms with E-state index in [1.165, 1.54) is 0 Å². The van der Waals surface area contributed by atoms with Gasteiger partial charge in [-0.3, -0.25) is 0 Å².